The standard InChI is InChI=1S/C28H24ClN5O2/c1-17(35)34-28(2,3)21-8-10-22(11-9-21)36-27-31-24-16-23(29)25(32-26(24)33-27)20-6-4-18(5-7-20)19-12-14-30-15-13-19/h4-16H,1-3H3,(H,34,35)(H,31,32,33). The summed E-state index contributed by atoms with van der Waals surface area (Å²) < 4.78 is 5.92. The van der Waals surface area contributed by atoms with Crippen molar-refractivity contribution in [3.8, 4) is 34.1 Å². The van der Waals surface area contributed by atoms with E-state index in [1.54, 1.807) is 18.5 Å². The average Bonchev–Trinajstić information content (AvgIpc) is 3.24. The first kappa shape index (κ1) is 23.5. The molecule has 1 amide bonds. The first-order chi connectivity index (χ1) is 17.3. The molecule has 2 N–H and O–H groups in total. The number of ether oxygens (including phenoxy) is 1. The molecule has 8 heteroatoms. The van der Waals surface area contributed by atoms with E-state index >= 15 is 0 Å². The van der Waals surface area contributed by atoms with Crippen molar-refractivity contribution in [3.63, 3.8) is 0 Å². The van der Waals surface area contributed by atoms with Crippen LogP contribution in [0, 0.1) is 0 Å². The fourth-order valence-corrected chi connectivity index (χ4v) is 4.34. The molecule has 0 saturated carbocycles. The molecule has 0 radical (unpaired) electrons. The monoisotopic (exact) mass is 497 g/mol. The number of carbonyl (C=O) groups is 1. The van der Waals surface area contributed by atoms with Gasteiger partial charge in [-0.3, -0.25) is 9.78 Å². The lowest BCUT2D eigenvalue weighted by molar-refractivity contribution is -0.120. The second kappa shape index (κ2) is 9.43. The molecular formula is C28H24ClN5O2. The second-order valence-electron chi connectivity index (χ2n) is 8.98. The van der Waals surface area contributed by atoms with E-state index < -0.39 is 5.54 Å². The Morgan fingerprint density at radius 3 is 2.22 bits per heavy atom. The van der Waals surface area contributed by atoms with Crippen LogP contribution in [0.5, 0.6) is 11.8 Å². The van der Waals surface area contributed by atoms with Gasteiger partial charge >= 0.3 is 6.01 Å². The van der Waals surface area contributed by atoms with Gasteiger partial charge in [-0.2, -0.15) is 4.98 Å². The molecule has 2 aromatic carbocycles. The van der Waals surface area contributed by atoms with Gasteiger partial charge in [0.2, 0.25) is 5.91 Å². The Hall–Kier alpha value is -4.23. The first-order valence-electron chi connectivity index (χ1n) is 11.4. The van der Waals surface area contributed by atoms with Crippen LogP contribution in [0.25, 0.3) is 33.5 Å². The SMILES string of the molecule is CC(=O)NC(C)(C)c1ccc(Oc2nc3nc(-c4ccc(-c5ccncc5)cc4)c(Cl)cc3[nH]2)cc1. The van der Waals surface area contributed by atoms with E-state index in [4.69, 9.17) is 16.3 Å². The van der Waals surface area contributed by atoms with Crippen LogP contribution in [0.3, 0.4) is 0 Å². The highest BCUT2D eigenvalue weighted by atomic mass is 35.5. The smallest absolute Gasteiger partial charge is 0.301 e. The Morgan fingerprint density at radius 1 is 0.917 bits per heavy atom. The molecule has 5 aromatic rings. The number of aromatic amines is 1. The molecular weight excluding hydrogens is 474 g/mol. The fourth-order valence-electron chi connectivity index (χ4n) is 4.07. The Morgan fingerprint density at radius 2 is 1.56 bits per heavy atom. The number of H-pyrrole nitrogens is 1. The fraction of sp³-hybridized carbons (Fsp3) is 0.143. The Bertz CT molecular complexity index is 1530. The second-order valence-corrected chi connectivity index (χ2v) is 9.38. The summed E-state index contributed by atoms with van der Waals surface area (Å²) in [6, 6.07) is 21.6. The number of fused-ring (bicyclic) bond motifs is 1. The Balaban J connectivity index is 1.37. The molecule has 0 unspecified atom stereocenters. The van der Waals surface area contributed by atoms with E-state index in [2.05, 4.69) is 25.3 Å². The van der Waals surface area contributed by atoms with Crippen LogP contribution in [0.2, 0.25) is 5.02 Å². The molecule has 0 aliphatic rings. The normalized spacial score (nSPS) is 11.4. The molecule has 36 heavy (non-hydrogen) atoms. The number of halogens is 1. The maximum atomic E-state index is 11.5. The van der Waals surface area contributed by atoms with Gasteiger partial charge in [-0.25, -0.2) is 4.98 Å². The number of rotatable bonds is 6. The number of carbonyl (C=O) groups excluding carboxylic acids is 1. The minimum Gasteiger partial charge on any atom is -0.426 e. The summed E-state index contributed by atoms with van der Waals surface area (Å²) in [5.41, 5.74) is 5.36. The lowest BCUT2D eigenvalue weighted by atomic mass is 9.94. The molecule has 3 aromatic heterocycles. The van der Waals surface area contributed by atoms with E-state index in [0.29, 0.717) is 33.6 Å². The molecule has 180 valence electrons. The lowest BCUT2D eigenvalue weighted by Crippen LogP contribution is -2.39. The number of amides is 1. The summed E-state index contributed by atoms with van der Waals surface area (Å²) in [4.78, 5) is 27.8. The van der Waals surface area contributed by atoms with Crippen molar-refractivity contribution >= 4 is 28.7 Å². The molecule has 7 nitrogen and oxygen atoms in total. The number of hydrogen-bond acceptors (Lipinski definition) is 5. The zero-order chi connectivity index (χ0) is 25.3. The zero-order valence-electron chi connectivity index (χ0n) is 20.0. The number of aromatic nitrogens is 4. The van der Waals surface area contributed by atoms with Gasteiger partial charge in [0.15, 0.2) is 5.65 Å². The predicted molar refractivity (Wildman–Crippen MR) is 141 cm³/mol. The molecule has 0 fully saturated rings. The quantitative estimate of drug-likeness (QED) is 0.279. The van der Waals surface area contributed by atoms with Crippen LogP contribution in [-0.4, -0.2) is 25.8 Å². The molecule has 0 atom stereocenters. The van der Waals surface area contributed by atoms with Gasteiger partial charge in [0.1, 0.15) is 5.75 Å². The lowest BCUT2D eigenvalue weighted by Gasteiger charge is -2.26. The average molecular weight is 498 g/mol. The molecule has 0 aliphatic heterocycles. The maximum Gasteiger partial charge on any atom is 0.301 e. The summed E-state index contributed by atoms with van der Waals surface area (Å²) in [6.07, 6.45) is 3.54. The Kier molecular flexibility index (Phi) is 6.16. The van der Waals surface area contributed by atoms with Gasteiger partial charge in [-0.05, 0) is 60.9 Å². The van der Waals surface area contributed by atoms with Crippen molar-refractivity contribution < 1.29 is 9.53 Å². The van der Waals surface area contributed by atoms with Crippen molar-refractivity contribution in [1.29, 1.82) is 0 Å². The number of benzene rings is 2. The largest absolute Gasteiger partial charge is 0.426 e. The van der Waals surface area contributed by atoms with Gasteiger partial charge in [-0.15, -0.1) is 0 Å². The van der Waals surface area contributed by atoms with E-state index in [9.17, 15) is 4.79 Å². The first-order valence-corrected chi connectivity index (χ1v) is 11.8. The minimum absolute atomic E-state index is 0.0854. The molecule has 0 saturated heterocycles. The number of imidazole rings is 1. The third-order valence-electron chi connectivity index (χ3n) is 5.86. The van der Waals surface area contributed by atoms with Gasteiger partial charge in [0.05, 0.1) is 21.8 Å². The zero-order valence-corrected chi connectivity index (χ0v) is 20.8. The van der Waals surface area contributed by atoms with Gasteiger partial charge in [0, 0.05) is 24.9 Å². The molecule has 5 rings (SSSR count). The Labute approximate surface area is 213 Å². The van der Waals surface area contributed by atoms with Crippen LogP contribution in [0.1, 0.15) is 26.3 Å². The van der Waals surface area contributed by atoms with Crippen molar-refractivity contribution in [2.45, 2.75) is 26.3 Å². The van der Waals surface area contributed by atoms with Gasteiger partial charge in [-0.1, -0.05) is 48.0 Å². The minimum atomic E-state index is -0.489. The number of nitrogens with one attached hydrogen (secondary N) is 2. The van der Waals surface area contributed by atoms with Crippen molar-refractivity contribution in [1.82, 2.24) is 25.3 Å². The highest BCUT2D eigenvalue weighted by molar-refractivity contribution is 6.33. The molecule has 0 bridgehead atoms. The summed E-state index contributed by atoms with van der Waals surface area (Å²) in [5.74, 6) is 0.521. The topological polar surface area (TPSA) is 92.8 Å². The maximum absolute atomic E-state index is 11.5. The van der Waals surface area contributed by atoms with Crippen LogP contribution < -0.4 is 10.1 Å². The summed E-state index contributed by atoms with van der Waals surface area (Å²) >= 11 is 6.57. The van der Waals surface area contributed by atoms with E-state index in [1.165, 1.54) is 6.92 Å². The molecule has 0 aliphatic carbocycles. The van der Waals surface area contributed by atoms with Gasteiger partial charge in [0.25, 0.3) is 0 Å². The van der Waals surface area contributed by atoms with E-state index in [0.717, 1.165) is 22.3 Å². The number of nitrogens with zero attached hydrogens (tertiary/aromatic N) is 3. The van der Waals surface area contributed by atoms with Crippen LogP contribution in [0.4, 0.5) is 0 Å². The number of pyridine rings is 2. The van der Waals surface area contributed by atoms with Crippen molar-refractivity contribution in [3.05, 3.63) is 89.7 Å². The van der Waals surface area contributed by atoms with E-state index in [-0.39, 0.29) is 5.91 Å². The van der Waals surface area contributed by atoms with Gasteiger partial charge < -0.3 is 15.0 Å². The summed E-state index contributed by atoms with van der Waals surface area (Å²) in [5, 5.41) is 3.45. The van der Waals surface area contributed by atoms with Crippen molar-refractivity contribution in [2.75, 3.05) is 0 Å². The predicted octanol–water partition coefficient (Wildman–Crippen LogP) is 6.50. The third-order valence-corrected chi connectivity index (χ3v) is 6.14. The van der Waals surface area contributed by atoms with Crippen LogP contribution >= 0.6 is 11.6 Å². The third kappa shape index (κ3) is 4.92. The van der Waals surface area contributed by atoms with Crippen LogP contribution in [-0.2, 0) is 10.3 Å². The molecule has 0 spiro atoms. The van der Waals surface area contributed by atoms with Crippen LogP contribution in [0.15, 0.2) is 79.1 Å². The number of hydrogen-bond donors (Lipinski definition) is 2. The summed E-state index contributed by atoms with van der Waals surface area (Å²) in [6.45, 7) is 5.40. The van der Waals surface area contributed by atoms with E-state index in [1.807, 2.05) is 74.5 Å². The molecule has 3 heterocycles. The summed E-state index contributed by atoms with van der Waals surface area (Å²) in [7, 11) is 0. The highest BCUT2D eigenvalue weighted by Crippen LogP contribution is 2.32. The highest BCUT2D eigenvalue weighted by Gasteiger charge is 2.21. The van der Waals surface area contributed by atoms with Crippen molar-refractivity contribution in [2.24, 2.45) is 0 Å².